The number of carbonyl (C=O) groups excluding carboxylic acids is 1. The predicted octanol–water partition coefficient (Wildman–Crippen LogP) is 3.60. The van der Waals surface area contributed by atoms with Crippen LogP contribution in [0.2, 0.25) is 0 Å². The number of nitrogens with zero attached hydrogens (tertiary/aromatic N) is 2. The topological polar surface area (TPSA) is 61.2 Å². The molecule has 5 nitrogen and oxygen atoms in total. The van der Waals surface area contributed by atoms with E-state index in [9.17, 15) is 9.59 Å². The molecule has 1 atom stereocenters. The van der Waals surface area contributed by atoms with E-state index >= 15 is 0 Å². The third-order valence-electron chi connectivity index (χ3n) is 4.06. The van der Waals surface area contributed by atoms with Gasteiger partial charge in [-0.25, -0.2) is 4.79 Å². The van der Waals surface area contributed by atoms with Gasteiger partial charge in [0, 0.05) is 13.2 Å². The van der Waals surface area contributed by atoms with E-state index in [-0.39, 0.29) is 11.5 Å². The van der Waals surface area contributed by atoms with Gasteiger partial charge in [0.1, 0.15) is 11.4 Å². The molecule has 1 unspecified atom stereocenters. The van der Waals surface area contributed by atoms with Crippen molar-refractivity contribution in [2.24, 2.45) is 7.05 Å². The van der Waals surface area contributed by atoms with Gasteiger partial charge in [0.05, 0.1) is 0 Å². The van der Waals surface area contributed by atoms with E-state index in [1.165, 1.54) is 16.8 Å². The van der Waals surface area contributed by atoms with Gasteiger partial charge in [0.25, 0.3) is 0 Å². The summed E-state index contributed by atoms with van der Waals surface area (Å²) in [5, 5.41) is 0. The lowest BCUT2D eigenvalue weighted by molar-refractivity contribution is 0.0812. The first-order valence-electron chi connectivity index (χ1n) is 8.61. The van der Waals surface area contributed by atoms with Crippen molar-refractivity contribution in [3.8, 4) is 5.75 Å². The van der Waals surface area contributed by atoms with Gasteiger partial charge in [-0.15, -0.1) is 0 Å². The molecule has 3 aromatic rings. The molecule has 0 saturated heterocycles. The highest BCUT2D eigenvalue weighted by Gasteiger charge is 2.19. The number of hydrogen-bond donors (Lipinski definition) is 0. The first-order chi connectivity index (χ1) is 13.0. The molecule has 0 bridgehead atoms. The summed E-state index contributed by atoms with van der Waals surface area (Å²) in [6.07, 6.45) is 4.82. The molecule has 2 aromatic carbocycles. The zero-order valence-corrected chi connectivity index (χ0v) is 15.2. The number of ketones is 1. The maximum absolute atomic E-state index is 12.4. The molecule has 0 aliphatic heterocycles. The molecule has 136 valence electrons. The van der Waals surface area contributed by atoms with Gasteiger partial charge in [0.2, 0.25) is 5.78 Å². The van der Waals surface area contributed by atoms with Crippen LogP contribution in [-0.4, -0.2) is 21.4 Å². The minimum absolute atomic E-state index is 0.105. The molecular weight excluding hydrogens is 340 g/mol. The molecule has 0 aliphatic carbocycles. The largest absolute Gasteiger partial charge is 0.483 e. The number of aryl methyl sites for hydroxylation is 1. The number of rotatable bonds is 6. The van der Waals surface area contributed by atoms with Crippen molar-refractivity contribution in [1.82, 2.24) is 9.55 Å². The number of benzene rings is 2. The lowest BCUT2D eigenvalue weighted by atomic mass is 10.1. The number of carbonyl (C=O) groups is 1. The number of aromatic nitrogens is 2. The van der Waals surface area contributed by atoms with E-state index < -0.39 is 11.8 Å². The fourth-order valence-corrected chi connectivity index (χ4v) is 2.48. The number of Topliss-reactive ketones (excluding diaryl/α,β-unsaturated/α-hetero) is 1. The van der Waals surface area contributed by atoms with Crippen molar-refractivity contribution in [3.05, 3.63) is 94.2 Å². The van der Waals surface area contributed by atoms with Crippen LogP contribution in [0.3, 0.4) is 0 Å². The Kier molecular flexibility index (Phi) is 5.61. The van der Waals surface area contributed by atoms with Crippen molar-refractivity contribution in [1.29, 1.82) is 0 Å². The van der Waals surface area contributed by atoms with Crippen LogP contribution in [0.15, 0.2) is 71.7 Å². The molecule has 0 spiro atoms. The van der Waals surface area contributed by atoms with Gasteiger partial charge in [-0.3, -0.25) is 4.79 Å². The molecule has 0 aliphatic rings. The maximum atomic E-state index is 12.4. The third kappa shape index (κ3) is 4.79. The summed E-state index contributed by atoms with van der Waals surface area (Å²) >= 11 is 0. The summed E-state index contributed by atoms with van der Waals surface area (Å²) in [6, 6.07) is 19.0. The Bertz CT molecular complexity index is 1010. The molecule has 5 heteroatoms. The fourth-order valence-electron chi connectivity index (χ4n) is 2.48. The molecule has 0 amide bonds. The van der Waals surface area contributed by atoms with Crippen LogP contribution in [-0.2, 0) is 7.05 Å². The molecule has 0 radical (unpaired) electrons. The Balaban J connectivity index is 1.65. The summed E-state index contributed by atoms with van der Waals surface area (Å²) in [7, 11) is 1.58. The lowest BCUT2D eigenvalue weighted by Crippen LogP contribution is -2.29. The molecule has 0 N–H and O–H groups in total. The maximum Gasteiger partial charge on any atom is 0.347 e. The second-order valence-corrected chi connectivity index (χ2v) is 6.14. The average molecular weight is 360 g/mol. The van der Waals surface area contributed by atoms with Gasteiger partial charge >= 0.3 is 5.69 Å². The quantitative estimate of drug-likeness (QED) is 0.498. The summed E-state index contributed by atoms with van der Waals surface area (Å²) in [5.41, 5.74) is 1.78. The highest BCUT2D eigenvalue weighted by atomic mass is 16.5. The molecular formula is C22H20N2O3. The van der Waals surface area contributed by atoms with E-state index in [0.29, 0.717) is 5.75 Å². The van der Waals surface area contributed by atoms with Gasteiger partial charge in [-0.05, 0) is 36.2 Å². The van der Waals surface area contributed by atoms with E-state index in [1.807, 2.05) is 66.7 Å². The average Bonchev–Trinajstić information content (AvgIpc) is 2.69. The van der Waals surface area contributed by atoms with Gasteiger partial charge < -0.3 is 9.30 Å². The van der Waals surface area contributed by atoms with Crippen LogP contribution in [0, 0.1) is 0 Å². The summed E-state index contributed by atoms with van der Waals surface area (Å²) in [4.78, 5) is 27.7. The Morgan fingerprint density at radius 2 is 1.63 bits per heavy atom. The van der Waals surface area contributed by atoms with Gasteiger partial charge in [-0.2, -0.15) is 4.98 Å². The molecule has 0 fully saturated rings. The van der Waals surface area contributed by atoms with E-state index in [2.05, 4.69) is 4.98 Å². The summed E-state index contributed by atoms with van der Waals surface area (Å²) < 4.78 is 7.01. The smallest absolute Gasteiger partial charge is 0.347 e. The second-order valence-electron chi connectivity index (χ2n) is 6.14. The highest BCUT2D eigenvalue weighted by Crippen LogP contribution is 2.17. The van der Waals surface area contributed by atoms with Crippen molar-refractivity contribution < 1.29 is 9.53 Å². The Labute approximate surface area is 157 Å². The lowest BCUT2D eigenvalue weighted by Gasteiger charge is -2.13. The number of ether oxygens (including phenoxy) is 1. The monoisotopic (exact) mass is 360 g/mol. The van der Waals surface area contributed by atoms with Gasteiger partial charge in [-0.1, -0.05) is 54.6 Å². The zero-order chi connectivity index (χ0) is 19.2. The minimum atomic E-state index is -0.740. The molecule has 3 rings (SSSR count). The van der Waals surface area contributed by atoms with Crippen LogP contribution >= 0.6 is 0 Å². The SMILES string of the molecule is CC(Oc1ccc(/C=C/c2ccccc2)cc1)C(=O)c1ccn(C)c(=O)n1. The second kappa shape index (κ2) is 8.27. The van der Waals surface area contributed by atoms with E-state index in [0.717, 1.165) is 11.1 Å². The van der Waals surface area contributed by atoms with Crippen molar-refractivity contribution in [2.75, 3.05) is 0 Å². The van der Waals surface area contributed by atoms with Crippen molar-refractivity contribution >= 4 is 17.9 Å². The zero-order valence-electron chi connectivity index (χ0n) is 15.2. The van der Waals surface area contributed by atoms with Crippen LogP contribution < -0.4 is 10.4 Å². The molecule has 1 aromatic heterocycles. The fraction of sp³-hybridized carbons (Fsp3) is 0.136. The van der Waals surface area contributed by atoms with Crippen LogP contribution in [0.5, 0.6) is 5.75 Å². The first kappa shape index (κ1) is 18.3. The molecule has 1 heterocycles. The van der Waals surface area contributed by atoms with Crippen LogP contribution in [0.25, 0.3) is 12.2 Å². The standard InChI is InChI=1S/C22H20N2O3/c1-16(21(25)20-14-15-24(2)22(26)23-20)27-19-12-10-18(11-13-19)9-8-17-6-4-3-5-7-17/h3-16H,1-2H3/b9-8+. The summed E-state index contributed by atoms with van der Waals surface area (Å²) in [6.45, 7) is 1.64. The summed E-state index contributed by atoms with van der Waals surface area (Å²) in [5.74, 6) is 0.247. The van der Waals surface area contributed by atoms with Gasteiger partial charge in [0.15, 0.2) is 6.10 Å². The Hall–Kier alpha value is -3.47. The first-order valence-corrected chi connectivity index (χ1v) is 8.61. The Morgan fingerprint density at radius 3 is 2.26 bits per heavy atom. The van der Waals surface area contributed by atoms with Crippen LogP contribution in [0.4, 0.5) is 0 Å². The van der Waals surface area contributed by atoms with E-state index in [1.54, 1.807) is 14.0 Å². The predicted molar refractivity (Wildman–Crippen MR) is 106 cm³/mol. The minimum Gasteiger partial charge on any atom is -0.483 e. The van der Waals surface area contributed by atoms with Crippen molar-refractivity contribution in [2.45, 2.75) is 13.0 Å². The normalized spacial score (nSPS) is 12.1. The van der Waals surface area contributed by atoms with E-state index in [4.69, 9.17) is 4.74 Å². The number of hydrogen-bond acceptors (Lipinski definition) is 4. The molecule has 27 heavy (non-hydrogen) atoms. The van der Waals surface area contributed by atoms with Crippen LogP contribution in [0.1, 0.15) is 28.5 Å². The molecule has 0 saturated carbocycles. The Morgan fingerprint density at radius 1 is 1.00 bits per heavy atom. The van der Waals surface area contributed by atoms with Crippen molar-refractivity contribution in [3.63, 3.8) is 0 Å². The third-order valence-corrected chi connectivity index (χ3v) is 4.06. The highest BCUT2D eigenvalue weighted by molar-refractivity contribution is 5.97.